The smallest absolute Gasteiger partial charge is 0.122 e. The summed E-state index contributed by atoms with van der Waals surface area (Å²) in [6, 6.07) is 14.3. The van der Waals surface area contributed by atoms with Crippen LogP contribution in [-0.2, 0) is 6.42 Å². The van der Waals surface area contributed by atoms with Crippen molar-refractivity contribution in [3.8, 4) is 5.75 Å². The van der Waals surface area contributed by atoms with E-state index >= 15 is 0 Å². The van der Waals surface area contributed by atoms with Crippen molar-refractivity contribution in [2.75, 3.05) is 6.61 Å². The summed E-state index contributed by atoms with van der Waals surface area (Å²) < 4.78 is 5.68. The third kappa shape index (κ3) is 2.61. The van der Waals surface area contributed by atoms with Crippen molar-refractivity contribution in [3.05, 3.63) is 59.9 Å². The highest BCUT2D eigenvalue weighted by Gasteiger charge is 2.26. The molecule has 2 atom stereocenters. The summed E-state index contributed by atoms with van der Waals surface area (Å²) in [6.45, 7) is 0.748. The maximum atomic E-state index is 6.40. The Bertz CT molecular complexity index is 541. The van der Waals surface area contributed by atoms with Crippen molar-refractivity contribution >= 4 is 0 Å². The summed E-state index contributed by atoms with van der Waals surface area (Å²) in [5.74, 6) is 1.34. The van der Waals surface area contributed by atoms with Crippen molar-refractivity contribution in [1.82, 2.24) is 4.98 Å². The van der Waals surface area contributed by atoms with Gasteiger partial charge in [0.1, 0.15) is 5.75 Å². The summed E-state index contributed by atoms with van der Waals surface area (Å²) in [4.78, 5) is 4.36. The fourth-order valence-electron chi connectivity index (χ4n) is 2.72. The maximum Gasteiger partial charge on any atom is 0.122 e. The van der Waals surface area contributed by atoms with E-state index < -0.39 is 0 Å². The van der Waals surface area contributed by atoms with Crippen LogP contribution in [0.3, 0.4) is 0 Å². The number of fused-ring (bicyclic) bond motifs is 1. The zero-order chi connectivity index (χ0) is 13.1. The molecule has 3 heteroatoms. The van der Waals surface area contributed by atoms with Gasteiger partial charge in [0.05, 0.1) is 6.61 Å². The first-order valence-corrected chi connectivity index (χ1v) is 6.72. The first-order chi connectivity index (χ1) is 9.34. The standard InChI is InChI=1S/C16H18N2O/c17-15(11-12-5-3-4-9-18-12)13-8-10-19-16-7-2-1-6-14(13)16/h1-7,9,13,15H,8,10-11,17H2. The molecular formula is C16H18N2O. The van der Waals surface area contributed by atoms with Gasteiger partial charge in [-0.2, -0.15) is 0 Å². The quantitative estimate of drug-likeness (QED) is 0.915. The van der Waals surface area contributed by atoms with E-state index in [1.54, 1.807) is 0 Å². The Hall–Kier alpha value is -1.87. The molecule has 0 spiro atoms. The molecule has 2 heterocycles. The van der Waals surface area contributed by atoms with E-state index in [0.29, 0.717) is 5.92 Å². The van der Waals surface area contributed by atoms with Gasteiger partial charge in [-0.25, -0.2) is 0 Å². The molecule has 1 aromatic carbocycles. The average molecular weight is 254 g/mol. The number of ether oxygens (including phenoxy) is 1. The summed E-state index contributed by atoms with van der Waals surface area (Å²) in [6.07, 6.45) is 3.60. The zero-order valence-electron chi connectivity index (χ0n) is 10.8. The van der Waals surface area contributed by atoms with Gasteiger partial charge in [-0.3, -0.25) is 4.98 Å². The van der Waals surface area contributed by atoms with E-state index in [1.165, 1.54) is 5.56 Å². The largest absolute Gasteiger partial charge is 0.493 e. The van der Waals surface area contributed by atoms with Crippen molar-refractivity contribution in [2.45, 2.75) is 24.8 Å². The molecule has 0 saturated carbocycles. The minimum atomic E-state index is 0.0833. The van der Waals surface area contributed by atoms with Crippen LogP contribution in [0.4, 0.5) is 0 Å². The molecule has 0 bridgehead atoms. The number of nitrogens with zero attached hydrogens (tertiary/aromatic N) is 1. The van der Waals surface area contributed by atoms with E-state index in [9.17, 15) is 0 Å². The van der Waals surface area contributed by atoms with E-state index in [4.69, 9.17) is 10.5 Å². The monoisotopic (exact) mass is 254 g/mol. The molecular weight excluding hydrogens is 236 g/mol. The van der Waals surface area contributed by atoms with Gasteiger partial charge < -0.3 is 10.5 Å². The average Bonchev–Trinajstić information content (AvgIpc) is 2.47. The molecule has 2 aromatic rings. The van der Waals surface area contributed by atoms with Crippen molar-refractivity contribution < 1.29 is 4.74 Å². The van der Waals surface area contributed by atoms with Gasteiger partial charge in [-0.15, -0.1) is 0 Å². The van der Waals surface area contributed by atoms with E-state index in [2.05, 4.69) is 11.1 Å². The topological polar surface area (TPSA) is 48.1 Å². The van der Waals surface area contributed by atoms with Crippen LogP contribution in [-0.4, -0.2) is 17.6 Å². The number of rotatable bonds is 3. The maximum absolute atomic E-state index is 6.40. The molecule has 1 aliphatic heterocycles. The second-order valence-corrected chi connectivity index (χ2v) is 4.97. The molecule has 1 aliphatic rings. The molecule has 1 aromatic heterocycles. The van der Waals surface area contributed by atoms with Crippen LogP contribution in [0.15, 0.2) is 48.7 Å². The normalized spacial score (nSPS) is 19.3. The molecule has 98 valence electrons. The molecule has 0 saturated heterocycles. The molecule has 0 radical (unpaired) electrons. The Morgan fingerprint density at radius 3 is 2.89 bits per heavy atom. The summed E-state index contributed by atoms with van der Waals surface area (Å²) in [7, 11) is 0. The Kier molecular flexibility index (Phi) is 3.47. The lowest BCUT2D eigenvalue weighted by atomic mass is 9.85. The third-order valence-electron chi connectivity index (χ3n) is 3.69. The molecule has 0 amide bonds. The molecule has 19 heavy (non-hydrogen) atoms. The lowest BCUT2D eigenvalue weighted by Gasteiger charge is -2.30. The SMILES string of the molecule is NC(Cc1ccccn1)C1CCOc2ccccc21. The molecule has 0 aliphatic carbocycles. The third-order valence-corrected chi connectivity index (χ3v) is 3.69. The van der Waals surface area contributed by atoms with Crippen molar-refractivity contribution in [2.24, 2.45) is 5.73 Å². The van der Waals surface area contributed by atoms with Crippen LogP contribution < -0.4 is 10.5 Å². The lowest BCUT2D eigenvalue weighted by molar-refractivity contribution is 0.254. The highest BCUT2D eigenvalue weighted by Crippen LogP contribution is 2.35. The molecule has 3 nitrogen and oxygen atoms in total. The van der Waals surface area contributed by atoms with Gasteiger partial charge in [0.15, 0.2) is 0 Å². The van der Waals surface area contributed by atoms with Crippen LogP contribution in [0.5, 0.6) is 5.75 Å². The van der Waals surface area contributed by atoms with E-state index in [1.807, 2.05) is 42.6 Å². The van der Waals surface area contributed by atoms with Gasteiger partial charge in [0, 0.05) is 30.3 Å². The molecule has 2 N–H and O–H groups in total. The van der Waals surface area contributed by atoms with Gasteiger partial charge in [0.2, 0.25) is 0 Å². The van der Waals surface area contributed by atoms with Crippen molar-refractivity contribution in [1.29, 1.82) is 0 Å². The lowest BCUT2D eigenvalue weighted by Crippen LogP contribution is -2.34. The van der Waals surface area contributed by atoms with Crippen LogP contribution in [0.2, 0.25) is 0 Å². The fourth-order valence-corrected chi connectivity index (χ4v) is 2.72. The Balaban J connectivity index is 1.80. The Morgan fingerprint density at radius 2 is 2.05 bits per heavy atom. The fraction of sp³-hybridized carbons (Fsp3) is 0.312. The van der Waals surface area contributed by atoms with E-state index in [-0.39, 0.29) is 6.04 Å². The summed E-state index contributed by atoms with van der Waals surface area (Å²) >= 11 is 0. The predicted octanol–water partition coefficient (Wildman–Crippen LogP) is 2.52. The first-order valence-electron chi connectivity index (χ1n) is 6.72. The second-order valence-electron chi connectivity index (χ2n) is 4.97. The highest BCUT2D eigenvalue weighted by molar-refractivity contribution is 5.38. The van der Waals surface area contributed by atoms with Gasteiger partial charge in [-0.05, 0) is 30.2 Å². The van der Waals surface area contributed by atoms with Gasteiger partial charge >= 0.3 is 0 Å². The minimum absolute atomic E-state index is 0.0833. The number of hydrogen-bond acceptors (Lipinski definition) is 3. The minimum Gasteiger partial charge on any atom is -0.493 e. The van der Waals surface area contributed by atoms with Crippen LogP contribution in [0, 0.1) is 0 Å². The van der Waals surface area contributed by atoms with Crippen LogP contribution in [0.25, 0.3) is 0 Å². The van der Waals surface area contributed by atoms with Gasteiger partial charge in [0.25, 0.3) is 0 Å². The zero-order valence-corrected chi connectivity index (χ0v) is 10.8. The van der Waals surface area contributed by atoms with Crippen LogP contribution in [0.1, 0.15) is 23.6 Å². The second kappa shape index (κ2) is 5.41. The van der Waals surface area contributed by atoms with E-state index in [0.717, 1.165) is 30.9 Å². The number of benzene rings is 1. The number of pyridine rings is 1. The predicted molar refractivity (Wildman–Crippen MR) is 75.2 cm³/mol. The highest BCUT2D eigenvalue weighted by atomic mass is 16.5. The number of para-hydroxylation sites is 1. The summed E-state index contributed by atoms with van der Waals surface area (Å²) in [5.41, 5.74) is 8.69. The molecule has 0 fully saturated rings. The number of hydrogen-bond donors (Lipinski definition) is 1. The number of aromatic nitrogens is 1. The molecule has 2 unspecified atom stereocenters. The van der Waals surface area contributed by atoms with Crippen molar-refractivity contribution in [3.63, 3.8) is 0 Å². The first kappa shape index (κ1) is 12.2. The molecule has 3 rings (SSSR count). The summed E-state index contributed by atoms with van der Waals surface area (Å²) in [5, 5.41) is 0. The number of nitrogens with two attached hydrogens (primary N) is 1. The van der Waals surface area contributed by atoms with Crippen LogP contribution >= 0.6 is 0 Å². The Labute approximate surface area is 113 Å². The van der Waals surface area contributed by atoms with Gasteiger partial charge in [-0.1, -0.05) is 24.3 Å². The Morgan fingerprint density at radius 1 is 1.21 bits per heavy atom.